The molecule has 35 heavy (non-hydrogen) atoms. The first kappa shape index (κ1) is 24.9. The van der Waals surface area contributed by atoms with Crippen LogP contribution in [0.5, 0.6) is 11.5 Å². The average molecular weight is 476 g/mol. The summed E-state index contributed by atoms with van der Waals surface area (Å²) < 4.78 is 11.0. The Morgan fingerprint density at radius 1 is 1.03 bits per heavy atom. The Kier molecular flexibility index (Phi) is 8.49. The van der Waals surface area contributed by atoms with E-state index in [1.165, 1.54) is 36.5 Å². The lowest BCUT2D eigenvalue weighted by Crippen LogP contribution is -2.25. The molecule has 180 valence electrons. The van der Waals surface area contributed by atoms with Crippen LogP contribution in [0.1, 0.15) is 28.4 Å². The third kappa shape index (κ3) is 7.39. The van der Waals surface area contributed by atoms with Gasteiger partial charge in [-0.15, -0.1) is 0 Å². The van der Waals surface area contributed by atoms with Crippen molar-refractivity contribution in [3.63, 3.8) is 0 Å². The van der Waals surface area contributed by atoms with Gasteiger partial charge in [-0.3, -0.25) is 14.9 Å². The van der Waals surface area contributed by atoms with Crippen molar-refractivity contribution in [3.8, 4) is 11.5 Å². The second-order valence-corrected chi connectivity index (χ2v) is 7.35. The monoisotopic (exact) mass is 476 g/mol. The molecule has 0 bridgehead atoms. The first-order chi connectivity index (χ1) is 16.9. The van der Waals surface area contributed by atoms with E-state index in [-0.39, 0.29) is 29.5 Å². The molecule has 0 saturated heterocycles. The molecule has 3 aromatic rings. The van der Waals surface area contributed by atoms with Gasteiger partial charge in [-0.25, -0.2) is 10.2 Å². The zero-order chi connectivity index (χ0) is 25.2. The second kappa shape index (κ2) is 11.9. The van der Waals surface area contributed by atoms with Crippen LogP contribution in [0, 0.1) is 17.0 Å². The molecule has 0 aliphatic rings. The van der Waals surface area contributed by atoms with E-state index in [0.29, 0.717) is 17.9 Å². The summed E-state index contributed by atoms with van der Waals surface area (Å²) >= 11 is 0. The van der Waals surface area contributed by atoms with Gasteiger partial charge in [0.1, 0.15) is 0 Å². The summed E-state index contributed by atoms with van der Waals surface area (Å²) in [6.07, 6.45) is 1.44. The number of hydrazone groups is 1. The number of aryl methyl sites for hydroxylation is 1. The predicted octanol–water partition coefficient (Wildman–Crippen LogP) is 4.08. The molecule has 3 rings (SSSR count). The fraction of sp³-hybridized carbons (Fsp3) is 0.160. The highest BCUT2D eigenvalue weighted by atomic mass is 16.6. The summed E-state index contributed by atoms with van der Waals surface area (Å²) in [5.74, 6) is -0.520. The molecule has 0 atom stereocenters. The molecule has 0 heterocycles. The Morgan fingerprint density at radius 3 is 2.40 bits per heavy atom. The summed E-state index contributed by atoms with van der Waals surface area (Å²) in [7, 11) is 0. The number of hydrogen-bond acceptors (Lipinski definition) is 8. The molecule has 0 fully saturated rings. The van der Waals surface area contributed by atoms with Gasteiger partial charge >= 0.3 is 5.97 Å². The van der Waals surface area contributed by atoms with E-state index >= 15 is 0 Å². The molecule has 0 aromatic heterocycles. The van der Waals surface area contributed by atoms with Crippen molar-refractivity contribution in [1.29, 1.82) is 0 Å². The molecular weight excluding hydrogens is 452 g/mol. The Bertz CT molecular complexity index is 1220. The van der Waals surface area contributed by atoms with Gasteiger partial charge in [0.2, 0.25) is 0 Å². The predicted molar refractivity (Wildman–Crippen MR) is 131 cm³/mol. The van der Waals surface area contributed by atoms with Crippen LogP contribution in [0.2, 0.25) is 0 Å². The van der Waals surface area contributed by atoms with Crippen LogP contribution in [-0.4, -0.2) is 36.2 Å². The number of nitrogens with zero attached hydrogens (tertiary/aromatic N) is 2. The van der Waals surface area contributed by atoms with Gasteiger partial charge in [0, 0.05) is 17.8 Å². The van der Waals surface area contributed by atoms with E-state index in [2.05, 4.69) is 15.8 Å². The number of carbonyl (C=O) groups is 2. The van der Waals surface area contributed by atoms with Crippen molar-refractivity contribution in [2.75, 3.05) is 18.5 Å². The maximum atomic E-state index is 12.4. The zero-order valence-corrected chi connectivity index (χ0v) is 19.2. The standard InChI is InChI=1S/C25H24N4O6/c1-3-34-23-14-18(15-27-28-24(30)16-26-20-9-4-17(2)5-10-20)6-13-22(23)35-25(31)19-7-11-21(12-8-19)29(32)33/h4-15,26H,3,16H2,1-2H3,(H,28,30)/b27-15-. The lowest BCUT2D eigenvalue weighted by atomic mass is 10.2. The Morgan fingerprint density at radius 2 is 1.74 bits per heavy atom. The highest BCUT2D eigenvalue weighted by Crippen LogP contribution is 2.29. The molecule has 0 radical (unpaired) electrons. The first-order valence-electron chi connectivity index (χ1n) is 10.7. The van der Waals surface area contributed by atoms with Gasteiger partial charge in [-0.05, 0) is 61.9 Å². The number of nitrogens with one attached hydrogen (secondary N) is 2. The number of nitro benzene ring substituents is 1. The molecule has 10 heteroatoms. The summed E-state index contributed by atoms with van der Waals surface area (Å²) in [6, 6.07) is 17.5. The molecule has 0 aliphatic heterocycles. The molecule has 0 spiro atoms. The van der Waals surface area contributed by atoms with E-state index in [4.69, 9.17) is 9.47 Å². The van der Waals surface area contributed by atoms with E-state index < -0.39 is 10.9 Å². The molecule has 0 unspecified atom stereocenters. The topological polar surface area (TPSA) is 132 Å². The number of amides is 1. The molecule has 0 aliphatic carbocycles. The summed E-state index contributed by atoms with van der Waals surface area (Å²) in [5.41, 5.74) is 5.03. The third-order valence-electron chi connectivity index (χ3n) is 4.69. The number of benzene rings is 3. The maximum absolute atomic E-state index is 12.4. The van der Waals surface area contributed by atoms with Crippen LogP contribution in [0.3, 0.4) is 0 Å². The SMILES string of the molecule is CCOc1cc(/C=N\NC(=O)CNc2ccc(C)cc2)ccc1OC(=O)c1ccc([N+](=O)[O-])cc1. The highest BCUT2D eigenvalue weighted by Gasteiger charge is 2.15. The quantitative estimate of drug-likeness (QED) is 0.148. The molecule has 3 aromatic carbocycles. The number of ether oxygens (including phenoxy) is 2. The van der Waals surface area contributed by atoms with Crippen molar-refractivity contribution in [2.45, 2.75) is 13.8 Å². The Labute approximate surface area is 201 Å². The van der Waals surface area contributed by atoms with Gasteiger partial charge in [0.05, 0.1) is 29.9 Å². The Balaban J connectivity index is 1.59. The minimum atomic E-state index is -0.685. The summed E-state index contributed by atoms with van der Waals surface area (Å²) in [5, 5.41) is 17.7. The summed E-state index contributed by atoms with van der Waals surface area (Å²) in [6.45, 7) is 4.15. The fourth-order valence-electron chi connectivity index (χ4n) is 2.91. The minimum absolute atomic E-state index is 0.0577. The number of anilines is 1. The maximum Gasteiger partial charge on any atom is 0.343 e. The van der Waals surface area contributed by atoms with Crippen molar-refractivity contribution in [3.05, 3.63) is 93.5 Å². The first-order valence-corrected chi connectivity index (χ1v) is 10.7. The van der Waals surface area contributed by atoms with E-state index in [0.717, 1.165) is 11.3 Å². The molecule has 0 saturated carbocycles. The van der Waals surface area contributed by atoms with Crippen LogP contribution >= 0.6 is 0 Å². The smallest absolute Gasteiger partial charge is 0.343 e. The molecular formula is C25H24N4O6. The van der Waals surface area contributed by atoms with Gasteiger partial charge in [0.15, 0.2) is 11.5 Å². The number of rotatable bonds is 10. The number of carbonyl (C=O) groups excluding carboxylic acids is 2. The van der Waals surface area contributed by atoms with Crippen molar-refractivity contribution < 1.29 is 24.0 Å². The average Bonchev–Trinajstić information content (AvgIpc) is 2.85. The van der Waals surface area contributed by atoms with Crippen molar-refractivity contribution in [1.82, 2.24) is 5.43 Å². The highest BCUT2D eigenvalue weighted by molar-refractivity contribution is 5.92. The minimum Gasteiger partial charge on any atom is -0.490 e. The van der Waals surface area contributed by atoms with Gasteiger partial charge in [-0.1, -0.05) is 17.7 Å². The van der Waals surface area contributed by atoms with Crippen LogP contribution in [-0.2, 0) is 4.79 Å². The zero-order valence-electron chi connectivity index (χ0n) is 19.2. The lowest BCUT2D eigenvalue weighted by Gasteiger charge is -2.11. The molecule has 2 N–H and O–H groups in total. The summed E-state index contributed by atoms with van der Waals surface area (Å²) in [4.78, 5) is 34.7. The van der Waals surface area contributed by atoms with Crippen LogP contribution < -0.4 is 20.2 Å². The van der Waals surface area contributed by atoms with E-state index in [1.807, 2.05) is 31.2 Å². The molecule has 1 amide bonds. The van der Waals surface area contributed by atoms with Crippen molar-refractivity contribution >= 4 is 29.5 Å². The lowest BCUT2D eigenvalue weighted by molar-refractivity contribution is -0.384. The fourth-order valence-corrected chi connectivity index (χ4v) is 2.91. The van der Waals surface area contributed by atoms with Gasteiger partial charge < -0.3 is 14.8 Å². The van der Waals surface area contributed by atoms with Crippen molar-refractivity contribution in [2.24, 2.45) is 5.10 Å². The Hall–Kier alpha value is -4.73. The van der Waals surface area contributed by atoms with E-state index in [9.17, 15) is 19.7 Å². The largest absolute Gasteiger partial charge is 0.490 e. The van der Waals surface area contributed by atoms with Gasteiger partial charge in [-0.2, -0.15) is 5.10 Å². The van der Waals surface area contributed by atoms with Gasteiger partial charge in [0.25, 0.3) is 11.6 Å². The van der Waals surface area contributed by atoms with E-state index in [1.54, 1.807) is 19.1 Å². The van der Waals surface area contributed by atoms with Crippen LogP contribution in [0.4, 0.5) is 11.4 Å². The molecule has 10 nitrogen and oxygen atoms in total. The number of esters is 1. The third-order valence-corrected chi connectivity index (χ3v) is 4.69. The number of hydrogen-bond donors (Lipinski definition) is 2. The number of nitro groups is 1. The van der Waals surface area contributed by atoms with Crippen LogP contribution in [0.25, 0.3) is 0 Å². The second-order valence-electron chi connectivity index (χ2n) is 7.35. The number of non-ortho nitro benzene ring substituents is 1. The normalized spacial score (nSPS) is 10.6. The van der Waals surface area contributed by atoms with Crippen LogP contribution in [0.15, 0.2) is 71.8 Å².